The molecular formula is C22H23F3N2O4. The lowest BCUT2D eigenvalue weighted by Crippen LogP contribution is -2.32. The Morgan fingerprint density at radius 2 is 1.55 bits per heavy atom. The van der Waals surface area contributed by atoms with Crippen LogP contribution >= 0.6 is 0 Å². The highest BCUT2D eigenvalue weighted by Crippen LogP contribution is 2.34. The number of esters is 1. The van der Waals surface area contributed by atoms with E-state index < -0.39 is 48.4 Å². The quantitative estimate of drug-likeness (QED) is 0.673. The number of carbonyl (C=O) groups is 3. The van der Waals surface area contributed by atoms with Crippen molar-refractivity contribution in [1.29, 1.82) is 0 Å². The molecule has 2 aromatic rings. The zero-order valence-corrected chi connectivity index (χ0v) is 17.3. The van der Waals surface area contributed by atoms with Gasteiger partial charge in [-0.15, -0.1) is 0 Å². The third-order valence-corrected chi connectivity index (χ3v) is 4.28. The van der Waals surface area contributed by atoms with Crippen molar-refractivity contribution in [2.75, 3.05) is 18.5 Å². The van der Waals surface area contributed by atoms with Crippen LogP contribution in [0.25, 0.3) is 0 Å². The van der Waals surface area contributed by atoms with Crippen molar-refractivity contribution in [3.8, 4) is 0 Å². The van der Waals surface area contributed by atoms with Crippen LogP contribution in [-0.4, -0.2) is 30.9 Å². The summed E-state index contributed by atoms with van der Waals surface area (Å²) in [7, 11) is 0. The molecule has 0 saturated heterocycles. The van der Waals surface area contributed by atoms with Crippen LogP contribution in [0.1, 0.15) is 42.3 Å². The van der Waals surface area contributed by atoms with Gasteiger partial charge in [-0.3, -0.25) is 14.4 Å². The van der Waals surface area contributed by atoms with Gasteiger partial charge in [0, 0.05) is 5.56 Å². The van der Waals surface area contributed by atoms with E-state index in [1.54, 1.807) is 12.1 Å². The molecule has 0 unspecified atom stereocenters. The molecule has 0 aliphatic carbocycles. The topological polar surface area (TPSA) is 84.5 Å². The maximum Gasteiger partial charge on any atom is 0.418 e. The predicted octanol–water partition coefficient (Wildman–Crippen LogP) is 3.91. The molecule has 9 heteroatoms. The fourth-order valence-corrected chi connectivity index (χ4v) is 2.60. The van der Waals surface area contributed by atoms with E-state index in [9.17, 15) is 27.6 Å². The summed E-state index contributed by atoms with van der Waals surface area (Å²) in [6, 6.07) is 11.3. The second kappa shape index (κ2) is 9.63. The Bertz CT molecular complexity index is 948. The van der Waals surface area contributed by atoms with Crippen LogP contribution in [0.15, 0.2) is 48.5 Å². The molecule has 2 N–H and O–H groups in total. The Kier molecular flexibility index (Phi) is 7.43. The summed E-state index contributed by atoms with van der Waals surface area (Å²) in [5.41, 5.74) is -0.133. The minimum absolute atomic E-state index is 0.0694. The van der Waals surface area contributed by atoms with E-state index in [1.165, 1.54) is 12.1 Å². The molecule has 0 aliphatic rings. The van der Waals surface area contributed by atoms with Gasteiger partial charge in [0.15, 0.2) is 6.61 Å². The Morgan fingerprint density at radius 1 is 0.935 bits per heavy atom. The Morgan fingerprint density at radius 3 is 2.13 bits per heavy atom. The molecule has 166 valence electrons. The molecule has 31 heavy (non-hydrogen) atoms. The Balaban J connectivity index is 1.82. The summed E-state index contributed by atoms with van der Waals surface area (Å²) in [5.74, 6) is -2.34. The van der Waals surface area contributed by atoms with Gasteiger partial charge >= 0.3 is 12.1 Å². The minimum atomic E-state index is -4.64. The highest BCUT2D eigenvalue weighted by molar-refractivity contribution is 5.96. The first-order valence-corrected chi connectivity index (χ1v) is 9.38. The second-order valence-electron chi connectivity index (χ2n) is 7.76. The fraction of sp³-hybridized carbons (Fsp3) is 0.318. The maximum atomic E-state index is 12.9. The standard InChI is InChI=1S/C22H23F3N2O4/c1-21(2,3)15-10-8-14(9-11-15)20(30)26-12-19(29)31-13-18(28)27-17-7-5-4-6-16(17)22(23,24)25/h4-11H,12-13H2,1-3H3,(H,26,30)(H,27,28). The number of amides is 2. The molecule has 0 atom stereocenters. The fourth-order valence-electron chi connectivity index (χ4n) is 2.60. The number of benzene rings is 2. The third-order valence-electron chi connectivity index (χ3n) is 4.28. The van der Waals surface area contributed by atoms with Gasteiger partial charge in [0.05, 0.1) is 11.3 Å². The normalized spacial score (nSPS) is 11.5. The summed E-state index contributed by atoms with van der Waals surface area (Å²) in [5, 5.41) is 4.42. The molecule has 6 nitrogen and oxygen atoms in total. The summed E-state index contributed by atoms with van der Waals surface area (Å²) in [4.78, 5) is 35.7. The first-order chi connectivity index (χ1) is 14.4. The van der Waals surface area contributed by atoms with Crippen LogP contribution < -0.4 is 10.6 Å². The third kappa shape index (κ3) is 7.13. The van der Waals surface area contributed by atoms with Crippen molar-refractivity contribution in [2.45, 2.75) is 32.4 Å². The Labute approximate surface area is 177 Å². The molecule has 0 bridgehead atoms. The van der Waals surface area contributed by atoms with Crippen LogP contribution in [0.3, 0.4) is 0 Å². The molecule has 0 radical (unpaired) electrons. The SMILES string of the molecule is CC(C)(C)c1ccc(C(=O)NCC(=O)OCC(=O)Nc2ccccc2C(F)(F)F)cc1. The van der Waals surface area contributed by atoms with Crippen LogP contribution in [0, 0.1) is 0 Å². The van der Waals surface area contributed by atoms with Gasteiger partial charge in [-0.1, -0.05) is 45.0 Å². The number of halogens is 3. The van der Waals surface area contributed by atoms with Gasteiger partial charge in [-0.25, -0.2) is 0 Å². The number of hydrogen-bond donors (Lipinski definition) is 2. The molecule has 0 aromatic heterocycles. The van der Waals surface area contributed by atoms with Crippen LogP contribution in [0.4, 0.5) is 18.9 Å². The van der Waals surface area contributed by atoms with Crippen molar-refractivity contribution in [2.24, 2.45) is 0 Å². The van der Waals surface area contributed by atoms with Crippen molar-refractivity contribution in [3.05, 3.63) is 65.2 Å². The van der Waals surface area contributed by atoms with E-state index in [4.69, 9.17) is 4.74 Å². The summed E-state index contributed by atoms with van der Waals surface area (Å²) >= 11 is 0. The predicted molar refractivity (Wildman–Crippen MR) is 109 cm³/mol. The van der Waals surface area contributed by atoms with E-state index in [1.807, 2.05) is 32.9 Å². The highest BCUT2D eigenvalue weighted by Gasteiger charge is 2.33. The van der Waals surface area contributed by atoms with E-state index >= 15 is 0 Å². The minimum Gasteiger partial charge on any atom is -0.454 e. The van der Waals surface area contributed by atoms with Gasteiger partial charge in [0.25, 0.3) is 11.8 Å². The van der Waals surface area contributed by atoms with E-state index in [0.717, 1.165) is 17.7 Å². The molecule has 0 aliphatic heterocycles. The average molecular weight is 436 g/mol. The van der Waals surface area contributed by atoms with Crippen LogP contribution in [-0.2, 0) is 25.9 Å². The number of carbonyl (C=O) groups excluding carboxylic acids is 3. The van der Waals surface area contributed by atoms with Crippen molar-refractivity contribution in [3.63, 3.8) is 0 Å². The van der Waals surface area contributed by atoms with Gasteiger partial charge in [-0.05, 0) is 35.2 Å². The maximum absolute atomic E-state index is 12.9. The number of para-hydroxylation sites is 1. The van der Waals surface area contributed by atoms with Gasteiger partial charge in [-0.2, -0.15) is 13.2 Å². The molecule has 0 saturated carbocycles. The molecular weight excluding hydrogens is 413 g/mol. The van der Waals surface area contributed by atoms with Crippen LogP contribution in [0.5, 0.6) is 0 Å². The largest absolute Gasteiger partial charge is 0.454 e. The number of rotatable bonds is 6. The number of ether oxygens (including phenoxy) is 1. The summed E-state index contributed by atoms with van der Waals surface area (Å²) < 4.78 is 43.5. The molecule has 0 heterocycles. The summed E-state index contributed by atoms with van der Waals surface area (Å²) in [6.07, 6.45) is -4.64. The monoisotopic (exact) mass is 436 g/mol. The van der Waals surface area contributed by atoms with Gasteiger partial charge < -0.3 is 15.4 Å². The molecule has 2 aromatic carbocycles. The number of hydrogen-bond acceptors (Lipinski definition) is 4. The Hall–Kier alpha value is -3.36. The molecule has 2 amide bonds. The summed E-state index contributed by atoms with van der Waals surface area (Å²) in [6.45, 7) is 4.83. The first kappa shape index (κ1) is 23.9. The first-order valence-electron chi connectivity index (χ1n) is 9.38. The second-order valence-corrected chi connectivity index (χ2v) is 7.76. The van der Waals surface area contributed by atoms with E-state index in [-0.39, 0.29) is 5.41 Å². The zero-order valence-electron chi connectivity index (χ0n) is 17.3. The lowest BCUT2D eigenvalue weighted by atomic mass is 9.87. The number of alkyl halides is 3. The van der Waals surface area contributed by atoms with E-state index in [0.29, 0.717) is 5.56 Å². The van der Waals surface area contributed by atoms with Gasteiger partial charge in [0.1, 0.15) is 6.54 Å². The lowest BCUT2D eigenvalue weighted by Gasteiger charge is -2.19. The van der Waals surface area contributed by atoms with Crippen molar-refractivity contribution in [1.82, 2.24) is 5.32 Å². The van der Waals surface area contributed by atoms with Crippen LogP contribution in [0.2, 0.25) is 0 Å². The van der Waals surface area contributed by atoms with Crippen molar-refractivity contribution < 1.29 is 32.3 Å². The number of anilines is 1. The van der Waals surface area contributed by atoms with E-state index in [2.05, 4.69) is 10.6 Å². The molecule has 2 rings (SSSR count). The molecule has 0 spiro atoms. The lowest BCUT2D eigenvalue weighted by molar-refractivity contribution is -0.146. The number of nitrogens with one attached hydrogen (secondary N) is 2. The van der Waals surface area contributed by atoms with Gasteiger partial charge in [0.2, 0.25) is 0 Å². The highest BCUT2D eigenvalue weighted by atomic mass is 19.4. The van der Waals surface area contributed by atoms with Crippen molar-refractivity contribution >= 4 is 23.5 Å². The molecule has 0 fully saturated rings. The average Bonchev–Trinajstić information content (AvgIpc) is 2.69. The smallest absolute Gasteiger partial charge is 0.418 e. The zero-order chi connectivity index (χ0) is 23.2.